The largest absolute Gasteiger partial charge is 0.456 e. The molecule has 47 heavy (non-hydrogen) atoms. The van der Waals surface area contributed by atoms with Gasteiger partial charge in [0.15, 0.2) is 0 Å². The molecule has 0 aliphatic heterocycles. The molecule has 0 bridgehead atoms. The van der Waals surface area contributed by atoms with E-state index in [0.29, 0.717) is 0 Å². The molecule has 2 aromatic heterocycles. The third kappa shape index (κ3) is 4.00. The topological polar surface area (TPSA) is 29.5 Å². The van der Waals surface area contributed by atoms with Crippen LogP contribution in [0, 0.1) is 0 Å². The molecule has 10 rings (SSSR count). The maximum atomic E-state index is 6.36. The molecule has 0 N–H and O–H groups in total. The van der Waals surface area contributed by atoms with Crippen LogP contribution in [0.4, 0.5) is 17.1 Å². The highest BCUT2D eigenvalue weighted by atomic mass is 16.3. The van der Waals surface area contributed by atoms with Gasteiger partial charge < -0.3 is 13.7 Å². The lowest BCUT2D eigenvalue weighted by molar-refractivity contribution is 0.668. The highest BCUT2D eigenvalue weighted by molar-refractivity contribution is 6.20. The minimum atomic E-state index is 0.866. The zero-order valence-electron chi connectivity index (χ0n) is 25.4. The fourth-order valence-electron chi connectivity index (χ4n) is 7.31. The number of rotatable bonds is 4. The third-order valence-electron chi connectivity index (χ3n) is 9.45. The van der Waals surface area contributed by atoms with E-state index in [1.807, 2.05) is 24.3 Å². The number of hydrogen-bond donors (Lipinski definition) is 0. The molecular weight excluding hydrogens is 574 g/mol. The molecule has 220 valence electrons. The Labute approximate surface area is 270 Å². The molecule has 0 aliphatic rings. The van der Waals surface area contributed by atoms with E-state index >= 15 is 0 Å². The maximum absolute atomic E-state index is 6.36. The van der Waals surface area contributed by atoms with Gasteiger partial charge in [0.05, 0.1) is 11.1 Å². The van der Waals surface area contributed by atoms with Crippen LogP contribution >= 0.6 is 0 Å². The van der Waals surface area contributed by atoms with Crippen molar-refractivity contribution in [2.75, 3.05) is 4.90 Å². The van der Waals surface area contributed by atoms with Crippen LogP contribution in [0.25, 0.3) is 76.5 Å². The molecule has 2 heterocycles. The predicted molar refractivity (Wildman–Crippen MR) is 196 cm³/mol. The van der Waals surface area contributed by atoms with Gasteiger partial charge in [-0.2, -0.15) is 0 Å². The summed E-state index contributed by atoms with van der Waals surface area (Å²) in [7, 11) is 0. The molecule has 0 amide bonds. The van der Waals surface area contributed by atoms with E-state index in [-0.39, 0.29) is 0 Å². The number of benzene rings is 8. The zero-order chi connectivity index (χ0) is 30.9. The first-order valence-corrected chi connectivity index (χ1v) is 15.9. The number of furan rings is 2. The second-order valence-electron chi connectivity index (χ2n) is 12.1. The van der Waals surface area contributed by atoms with Crippen molar-refractivity contribution in [3.05, 3.63) is 164 Å². The summed E-state index contributed by atoms with van der Waals surface area (Å²) in [6.45, 7) is 0. The van der Waals surface area contributed by atoms with Crippen molar-refractivity contribution in [3.8, 4) is 11.1 Å². The summed E-state index contributed by atoms with van der Waals surface area (Å²) in [5, 5.41) is 9.27. The van der Waals surface area contributed by atoms with Gasteiger partial charge in [-0.05, 0) is 87.3 Å². The van der Waals surface area contributed by atoms with Gasteiger partial charge >= 0.3 is 0 Å². The first-order chi connectivity index (χ1) is 23.3. The Bertz CT molecular complexity index is 2800. The minimum absolute atomic E-state index is 0.866. The normalized spacial score (nSPS) is 11.8. The van der Waals surface area contributed by atoms with E-state index < -0.39 is 0 Å². The van der Waals surface area contributed by atoms with Gasteiger partial charge in [-0.15, -0.1) is 0 Å². The Morgan fingerprint density at radius 2 is 0.936 bits per heavy atom. The Morgan fingerprint density at radius 3 is 1.74 bits per heavy atom. The molecule has 0 saturated heterocycles. The molecule has 0 saturated carbocycles. The average molecular weight is 602 g/mol. The average Bonchev–Trinajstić information content (AvgIpc) is 3.71. The summed E-state index contributed by atoms with van der Waals surface area (Å²) in [6, 6.07) is 57.9. The summed E-state index contributed by atoms with van der Waals surface area (Å²) < 4.78 is 12.6. The second-order valence-corrected chi connectivity index (χ2v) is 12.1. The summed E-state index contributed by atoms with van der Waals surface area (Å²) >= 11 is 0. The second kappa shape index (κ2) is 10.1. The SMILES string of the molecule is c1ccc2c(-c3ccc(N(c4ccc5ccc6oc7ccccc7c6c5c4)c4cccc5oc6ccccc6c45)cc3)cccc2c1. The van der Waals surface area contributed by atoms with E-state index in [1.54, 1.807) is 0 Å². The molecule has 0 atom stereocenters. The van der Waals surface area contributed by atoms with Gasteiger partial charge in [-0.3, -0.25) is 0 Å². The number of nitrogens with zero attached hydrogens (tertiary/aromatic N) is 1. The van der Waals surface area contributed by atoms with Gasteiger partial charge in [0, 0.05) is 27.5 Å². The molecule has 0 spiro atoms. The molecule has 3 nitrogen and oxygen atoms in total. The van der Waals surface area contributed by atoms with E-state index in [9.17, 15) is 0 Å². The highest BCUT2D eigenvalue weighted by Gasteiger charge is 2.21. The molecule has 0 fully saturated rings. The number of para-hydroxylation sites is 2. The van der Waals surface area contributed by atoms with Crippen LogP contribution in [0.15, 0.2) is 173 Å². The molecule has 3 heteroatoms. The molecular formula is C44H27NO2. The predicted octanol–water partition coefficient (Wildman–Crippen LogP) is 12.9. The number of anilines is 3. The van der Waals surface area contributed by atoms with Crippen molar-refractivity contribution in [2.45, 2.75) is 0 Å². The van der Waals surface area contributed by atoms with Crippen LogP contribution in [0.3, 0.4) is 0 Å². The maximum Gasteiger partial charge on any atom is 0.137 e. The first kappa shape index (κ1) is 26.0. The van der Waals surface area contributed by atoms with Crippen LogP contribution in [0.2, 0.25) is 0 Å². The van der Waals surface area contributed by atoms with Crippen molar-refractivity contribution in [2.24, 2.45) is 0 Å². The summed E-state index contributed by atoms with van der Waals surface area (Å²) in [6.07, 6.45) is 0. The van der Waals surface area contributed by atoms with Gasteiger partial charge in [0.25, 0.3) is 0 Å². The fraction of sp³-hybridized carbons (Fsp3) is 0. The summed E-state index contributed by atoms with van der Waals surface area (Å²) in [4.78, 5) is 2.36. The van der Waals surface area contributed by atoms with Crippen molar-refractivity contribution in [1.82, 2.24) is 0 Å². The van der Waals surface area contributed by atoms with Crippen LogP contribution in [-0.4, -0.2) is 0 Å². The number of hydrogen-bond acceptors (Lipinski definition) is 3. The highest BCUT2D eigenvalue weighted by Crippen LogP contribution is 2.45. The minimum Gasteiger partial charge on any atom is -0.456 e. The fourth-order valence-corrected chi connectivity index (χ4v) is 7.31. The lowest BCUT2D eigenvalue weighted by Crippen LogP contribution is -2.10. The quantitative estimate of drug-likeness (QED) is 0.201. The van der Waals surface area contributed by atoms with Crippen LogP contribution in [-0.2, 0) is 0 Å². The van der Waals surface area contributed by atoms with E-state index in [2.05, 4.69) is 144 Å². The monoisotopic (exact) mass is 601 g/mol. The van der Waals surface area contributed by atoms with Crippen molar-refractivity contribution in [1.29, 1.82) is 0 Å². The van der Waals surface area contributed by atoms with Gasteiger partial charge in [0.2, 0.25) is 0 Å². The lowest BCUT2D eigenvalue weighted by atomic mass is 9.98. The zero-order valence-corrected chi connectivity index (χ0v) is 25.4. The smallest absolute Gasteiger partial charge is 0.137 e. The van der Waals surface area contributed by atoms with Gasteiger partial charge in [-0.25, -0.2) is 0 Å². The standard InChI is InChI=1S/C44H27NO2/c1-2-11-33-28(9-1)10-7-14-34(33)29-19-23-31(24-20-29)45(38-15-8-18-41-44(38)36-13-4-6-17-40(36)46-41)32-25-21-30-22-26-42-43(37(30)27-32)35-12-3-5-16-39(35)47-42/h1-27H. The Balaban J connectivity index is 1.23. The van der Waals surface area contributed by atoms with Crippen LogP contribution in [0.1, 0.15) is 0 Å². The van der Waals surface area contributed by atoms with E-state index in [1.165, 1.54) is 27.3 Å². The number of fused-ring (bicyclic) bond motifs is 9. The van der Waals surface area contributed by atoms with Crippen molar-refractivity contribution >= 4 is 82.5 Å². The lowest BCUT2D eigenvalue weighted by Gasteiger charge is -2.27. The van der Waals surface area contributed by atoms with E-state index in [4.69, 9.17) is 8.83 Å². The van der Waals surface area contributed by atoms with Gasteiger partial charge in [0.1, 0.15) is 22.3 Å². The third-order valence-corrected chi connectivity index (χ3v) is 9.45. The Hall–Kier alpha value is -6.32. The molecule has 8 aromatic carbocycles. The Morgan fingerprint density at radius 1 is 0.362 bits per heavy atom. The van der Waals surface area contributed by atoms with Gasteiger partial charge in [-0.1, -0.05) is 109 Å². The molecule has 0 unspecified atom stereocenters. The molecule has 10 aromatic rings. The van der Waals surface area contributed by atoms with E-state index in [0.717, 1.165) is 66.3 Å². The van der Waals surface area contributed by atoms with Crippen LogP contribution < -0.4 is 4.90 Å². The summed E-state index contributed by atoms with van der Waals surface area (Å²) in [5.41, 5.74) is 9.14. The molecule has 0 radical (unpaired) electrons. The van der Waals surface area contributed by atoms with Crippen molar-refractivity contribution < 1.29 is 8.83 Å². The van der Waals surface area contributed by atoms with Crippen molar-refractivity contribution in [3.63, 3.8) is 0 Å². The van der Waals surface area contributed by atoms with Crippen LogP contribution in [0.5, 0.6) is 0 Å². The Kier molecular flexibility index (Phi) is 5.57. The first-order valence-electron chi connectivity index (χ1n) is 15.9. The molecule has 0 aliphatic carbocycles. The summed E-state index contributed by atoms with van der Waals surface area (Å²) in [5.74, 6) is 0.